The van der Waals surface area contributed by atoms with Crippen molar-refractivity contribution in [2.24, 2.45) is 5.73 Å². The Bertz CT molecular complexity index is 370. The third-order valence-electron chi connectivity index (χ3n) is 2.22. The summed E-state index contributed by atoms with van der Waals surface area (Å²) in [6, 6.07) is 2.02. The van der Waals surface area contributed by atoms with Crippen LogP contribution in [-0.4, -0.2) is 31.0 Å². The molecule has 96 valence electrons. The maximum absolute atomic E-state index is 5.79. The fourth-order valence-corrected chi connectivity index (χ4v) is 2.28. The van der Waals surface area contributed by atoms with Gasteiger partial charge in [0.2, 0.25) is 5.88 Å². The maximum atomic E-state index is 5.79. The maximum Gasteiger partial charge on any atom is 0.227 e. The largest absolute Gasteiger partial charge is 0.495 e. The molecule has 17 heavy (non-hydrogen) atoms. The van der Waals surface area contributed by atoms with Crippen molar-refractivity contribution >= 4 is 11.8 Å². The van der Waals surface area contributed by atoms with Crippen LogP contribution in [0.1, 0.15) is 19.5 Å². The highest BCUT2D eigenvalue weighted by molar-refractivity contribution is 7.99. The Morgan fingerprint density at radius 2 is 2.12 bits per heavy atom. The summed E-state index contributed by atoms with van der Waals surface area (Å²) in [5.41, 5.74) is 6.64. The average Bonchev–Trinajstić information content (AvgIpc) is 2.30. The molecule has 1 aromatic rings. The zero-order valence-corrected chi connectivity index (χ0v) is 11.6. The molecule has 0 saturated carbocycles. The molecule has 0 fully saturated rings. The third-order valence-corrected chi connectivity index (χ3v) is 3.11. The number of hydrogen-bond acceptors (Lipinski definition) is 5. The highest BCUT2D eigenvalue weighted by Gasteiger charge is 2.14. The number of hydrogen-bond donors (Lipinski definition) is 1. The number of ether oxygens (including phenoxy) is 2. The van der Waals surface area contributed by atoms with Crippen molar-refractivity contribution < 1.29 is 9.47 Å². The van der Waals surface area contributed by atoms with Gasteiger partial charge in [-0.3, -0.25) is 0 Å². The molecule has 4 nitrogen and oxygen atoms in total. The highest BCUT2D eigenvalue weighted by Crippen LogP contribution is 2.33. The summed E-state index contributed by atoms with van der Waals surface area (Å²) in [7, 11) is 3.28. The Morgan fingerprint density at radius 1 is 1.41 bits per heavy atom. The van der Waals surface area contributed by atoms with E-state index in [1.54, 1.807) is 26.0 Å². The number of methoxy groups -OCH3 is 2. The van der Waals surface area contributed by atoms with E-state index in [0.29, 0.717) is 12.3 Å². The summed E-state index contributed by atoms with van der Waals surface area (Å²) < 4.78 is 10.6. The van der Waals surface area contributed by atoms with Crippen LogP contribution in [0.5, 0.6) is 11.6 Å². The summed E-state index contributed by atoms with van der Waals surface area (Å²) in [6.45, 7) is 4.04. The van der Waals surface area contributed by atoms with Gasteiger partial charge in [-0.05, 0) is 12.7 Å². The van der Waals surface area contributed by atoms with Crippen LogP contribution in [0.15, 0.2) is 11.0 Å². The van der Waals surface area contributed by atoms with Crippen molar-refractivity contribution in [1.29, 1.82) is 0 Å². The molecular formula is C12H20N2O2S. The SMILES string of the molecule is CCSc1cc(OC)c(CC(C)N)nc1OC. The molecule has 0 saturated heterocycles. The van der Waals surface area contributed by atoms with Crippen LogP contribution in [0.3, 0.4) is 0 Å². The van der Waals surface area contributed by atoms with E-state index in [1.165, 1.54) is 0 Å². The zero-order valence-electron chi connectivity index (χ0n) is 10.8. The van der Waals surface area contributed by atoms with Crippen LogP contribution in [0.4, 0.5) is 0 Å². The number of pyridine rings is 1. The van der Waals surface area contributed by atoms with Crippen LogP contribution in [-0.2, 0) is 6.42 Å². The summed E-state index contributed by atoms with van der Waals surface area (Å²) in [6.07, 6.45) is 0.677. The fraction of sp³-hybridized carbons (Fsp3) is 0.583. The predicted octanol–water partition coefficient (Wildman–Crippen LogP) is 2.10. The Kier molecular flexibility index (Phi) is 5.58. The summed E-state index contributed by atoms with van der Waals surface area (Å²) in [4.78, 5) is 5.47. The van der Waals surface area contributed by atoms with E-state index in [-0.39, 0.29) is 6.04 Å². The van der Waals surface area contributed by atoms with E-state index in [4.69, 9.17) is 15.2 Å². The van der Waals surface area contributed by atoms with Crippen molar-refractivity contribution in [2.75, 3.05) is 20.0 Å². The molecule has 0 bridgehead atoms. The Morgan fingerprint density at radius 3 is 2.59 bits per heavy atom. The standard InChI is InChI=1S/C12H20N2O2S/c1-5-17-11-7-10(15-3)9(6-8(2)13)14-12(11)16-4/h7-8H,5-6,13H2,1-4H3. The van der Waals surface area contributed by atoms with Crippen molar-refractivity contribution in [2.45, 2.75) is 31.2 Å². The van der Waals surface area contributed by atoms with Crippen molar-refractivity contribution in [3.05, 3.63) is 11.8 Å². The Balaban J connectivity index is 3.12. The molecule has 0 aliphatic rings. The quantitative estimate of drug-likeness (QED) is 0.790. The molecular weight excluding hydrogens is 236 g/mol. The molecule has 2 N–H and O–H groups in total. The first kappa shape index (κ1) is 14.1. The second kappa shape index (κ2) is 6.71. The van der Waals surface area contributed by atoms with Gasteiger partial charge in [0, 0.05) is 18.5 Å². The van der Waals surface area contributed by atoms with Gasteiger partial charge in [-0.25, -0.2) is 4.98 Å². The highest BCUT2D eigenvalue weighted by atomic mass is 32.2. The topological polar surface area (TPSA) is 57.4 Å². The summed E-state index contributed by atoms with van der Waals surface area (Å²) in [5, 5.41) is 0. The van der Waals surface area contributed by atoms with Crippen LogP contribution in [0.2, 0.25) is 0 Å². The second-order valence-corrected chi connectivity index (χ2v) is 5.07. The lowest BCUT2D eigenvalue weighted by molar-refractivity contribution is 0.371. The number of nitrogens with zero attached hydrogens (tertiary/aromatic N) is 1. The fourth-order valence-electron chi connectivity index (χ4n) is 1.53. The van der Waals surface area contributed by atoms with Gasteiger partial charge in [0.25, 0.3) is 0 Å². The van der Waals surface area contributed by atoms with Gasteiger partial charge in [-0.15, -0.1) is 11.8 Å². The Hall–Kier alpha value is -0.940. The second-order valence-electron chi connectivity index (χ2n) is 3.76. The first-order chi connectivity index (χ1) is 8.12. The van der Waals surface area contributed by atoms with Crippen molar-refractivity contribution in [3.8, 4) is 11.6 Å². The van der Waals surface area contributed by atoms with Gasteiger partial charge >= 0.3 is 0 Å². The number of thioether (sulfide) groups is 1. The monoisotopic (exact) mass is 256 g/mol. The van der Waals surface area contributed by atoms with Gasteiger partial charge in [0.15, 0.2) is 0 Å². The minimum absolute atomic E-state index is 0.0470. The van der Waals surface area contributed by atoms with E-state index < -0.39 is 0 Å². The van der Waals surface area contributed by atoms with Gasteiger partial charge in [0.1, 0.15) is 5.75 Å². The van der Waals surface area contributed by atoms with E-state index in [9.17, 15) is 0 Å². The molecule has 0 radical (unpaired) electrons. The van der Waals surface area contributed by atoms with Gasteiger partial charge < -0.3 is 15.2 Å². The Labute approximate surface area is 107 Å². The smallest absolute Gasteiger partial charge is 0.227 e. The first-order valence-corrected chi connectivity index (χ1v) is 6.61. The lowest BCUT2D eigenvalue weighted by Crippen LogP contribution is -2.19. The molecule has 1 heterocycles. The van der Waals surface area contributed by atoms with E-state index in [1.807, 2.05) is 13.0 Å². The number of aromatic nitrogens is 1. The normalized spacial score (nSPS) is 12.3. The van der Waals surface area contributed by atoms with Crippen LogP contribution >= 0.6 is 11.8 Å². The zero-order chi connectivity index (χ0) is 12.8. The molecule has 0 amide bonds. The first-order valence-electron chi connectivity index (χ1n) is 5.62. The lowest BCUT2D eigenvalue weighted by atomic mass is 10.1. The average molecular weight is 256 g/mol. The molecule has 1 unspecified atom stereocenters. The molecule has 1 rings (SSSR count). The van der Waals surface area contributed by atoms with Gasteiger partial charge in [-0.1, -0.05) is 6.92 Å². The molecule has 0 aliphatic heterocycles. The minimum Gasteiger partial charge on any atom is -0.495 e. The van der Waals surface area contributed by atoms with Crippen LogP contribution < -0.4 is 15.2 Å². The van der Waals surface area contributed by atoms with E-state index >= 15 is 0 Å². The number of rotatable bonds is 6. The lowest BCUT2D eigenvalue weighted by Gasteiger charge is -2.14. The predicted molar refractivity (Wildman–Crippen MR) is 71.1 cm³/mol. The van der Waals surface area contributed by atoms with Crippen molar-refractivity contribution in [3.63, 3.8) is 0 Å². The van der Waals surface area contributed by atoms with Crippen molar-refractivity contribution in [1.82, 2.24) is 4.98 Å². The molecule has 1 aromatic heterocycles. The van der Waals surface area contributed by atoms with E-state index in [2.05, 4.69) is 11.9 Å². The summed E-state index contributed by atoms with van der Waals surface area (Å²) >= 11 is 1.68. The van der Waals surface area contributed by atoms with Gasteiger partial charge in [0.05, 0.1) is 24.8 Å². The number of nitrogens with two attached hydrogens (primary N) is 1. The molecule has 0 aliphatic carbocycles. The van der Waals surface area contributed by atoms with Gasteiger partial charge in [-0.2, -0.15) is 0 Å². The van der Waals surface area contributed by atoms with E-state index in [0.717, 1.165) is 22.1 Å². The summed E-state index contributed by atoms with van der Waals surface area (Å²) in [5.74, 6) is 2.39. The van der Waals surface area contributed by atoms with Crippen LogP contribution in [0, 0.1) is 0 Å². The minimum atomic E-state index is 0.0470. The molecule has 0 spiro atoms. The molecule has 1 atom stereocenters. The molecule has 5 heteroatoms. The molecule has 0 aromatic carbocycles. The van der Waals surface area contributed by atoms with Crippen LogP contribution in [0.25, 0.3) is 0 Å². The third kappa shape index (κ3) is 3.78.